The van der Waals surface area contributed by atoms with Gasteiger partial charge in [-0.1, -0.05) is 18.2 Å². The second-order valence-corrected chi connectivity index (χ2v) is 6.97. The van der Waals surface area contributed by atoms with Gasteiger partial charge >= 0.3 is 0 Å². The van der Waals surface area contributed by atoms with Crippen molar-refractivity contribution in [3.8, 4) is 5.75 Å². The highest BCUT2D eigenvalue weighted by molar-refractivity contribution is 7.87. The second kappa shape index (κ2) is 6.74. The minimum Gasteiger partial charge on any atom is -0.496 e. The number of benzene rings is 1. The molecule has 1 aliphatic rings. The molecule has 1 aromatic rings. The molecule has 118 valence electrons. The van der Waals surface area contributed by atoms with E-state index in [9.17, 15) is 8.42 Å². The molecule has 1 aromatic carbocycles. The van der Waals surface area contributed by atoms with E-state index in [0.717, 1.165) is 5.56 Å². The highest BCUT2D eigenvalue weighted by atomic mass is 32.2. The van der Waals surface area contributed by atoms with Gasteiger partial charge in [0.1, 0.15) is 5.75 Å². The lowest BCUT2D eigenvalue weighted by Gasteiger charge is -2.34. The van der Waals surface area contributed by atoms with Gasteiger partial charge in [-0.3, -0.25) is 0 Å². The molecule has 2 rings (SSSR count). The first-order valence-corrected chi connectivity index (χ1v) is 8.38. The van der Waals surface area contributed by atoms with E-state index in [2.05, 4.69) is 4.72 Å². The van der Waals surface area contributed by atoms with Crippen LogP contribution in [0.5, 0.6) is 5.75 Å². The van der Waals surface area contributed by atoms with Crippen LogP contribution in [0.3, 0.4) is 0 Å². The molecule has 2 atom stereocenters. The lowest BCUT2D eigenvalue weighted by molar-refractivity contribution is -0.0444. The van der Waals surface area contributed by atoms with E-state index in [0.29, 0.717) is 18.8 Å². The lowest BCUT2D eigenvalue weighted by Crippen LogP contribution is -2.51. The normalized spacial score (nSPS) is 24.0. The number of methoxy groups -OCH3 is 1. The van der Waals surface area contributed by atoms with Gasteiger partial charge in [-0.2, -0.15) is 17.4 Å². The van der Waals surface area contributed by atoms with Crippen molar-refractivity contribution in [2.45, 2.75) is 32.6 Å². The Labute approximate surface area is 126 Å². The average Bonchev–Trinajstić information content (AvgIpc) is 2.44. The molecular formula is C14H22N2O4S. The number of morpholine rings is 1. The maximum atomic E-state index is 12.4. The number of hydrogen-bond acceptors (Lipinski definition) is 4. The lowest BCUT2D eigenvalue weighted by atomic mass is 10.2. The third-order valence-electron chi connectivity index (χ3n) is 3.36. The molecule has 7 heteroatoms. The highest BCUT2D eigenvalue weighted by Gasteiger charge is 2.30. The summed E-state index contributed by atoms with van der Waals surface area (Å²) in [6, 6.07) is 7.35. The van der Waals surface area contributed by atoms with Crippen LogP contribution in [0.25, 0.3) is 0 Å². The molecule has 0 spiro atoms. The zero-order chi connectivity index (χ0) is 15.5. The summed E-state index contributed by atoms with van der Waals surface area (Å²) in [5.41, 5.74) is 0.804. The van der Waals surface area contributed by atoms with Gasteiger partial charge in [0.25, 0.3) is 10.2 Å². The molecule has 0 amide bonds. The van der Waals surface area contributed by atoms with Gasteiger partial charge in [-0.25, -0.2) is 0 Å². The van der Waals surface area contributed by atoms with E-state index in [4.69, 9.17) is 9.47 Å². The van der Waals surface area contributed by atoms with Crippen LogP contribution in [0, 0.1) is 0 Å². The zero-order valence-corrected chi connectivity index (χ0v) is 13.4. The number of nitrogens with one attached hydrogen (secondary N) is 1. The quantitative estimate of drug-likeness (QED) is 0.885. The van der Waals surface area contributed by atoms with Gasteiger partial charge in [0.2, 0.25) is 0 Å². The SMILES string of the molecule is COc1ccccc1CNS(=O)(=O)N1C[C@@H](C)O[C@@H](C)C1. The molecule has 0 radical (unpaired) electrons. The smallest absolute Gasteiger partial charge is 0.279 e. The summed E-state index contributed by atoms with van der Waals surface area (Å²) in [6.07, 6.45) is -0.201. The van der Waals surface area contributed by atoms with Gasteiger partial charge in [-0.15, -0.1) is 0 Å². The summed E-state index contributed by atoms with van der Waals surface area (Å²) < 4.78 is 39.6. The average molecular weight is 314 g/mol. The fourth-order valence-corrected chi connectivity index (χ4v) is 3.77. The summed E-state index contributed by atoms with van der Waals surface area (Å²) in [5, 5.41) is 0. The first-order valence-electron chi connectivity index (χ1n) is 6.94. The van der Waals surface area contributed by atoms with Crippen molar-refractivity contribution >= 4 is 10.2 Å². The number of para-hydroxylation sites is 1. The molecule has 21 heavy (non-hydrogen) atoms. The summed E-state index contributed by atoms with van der Waals surface area (Å²) in [4.78, 5) is 0. The maximum absolute atomic E-state index is 12.4. The molecular weight excluding hydrogens is 292 g/mol. The molecule has 0 saturated carbocycles. The summed E-state index contributed by atoms with van der Waals surface area (Å²) in [5.74, 6) is 0.670. The molecule has 1 fully saturated rings. The molecule has 1 aliphatic heterocycles. The number of hydrogen-bond donors (Lipinski definition) is 1. The van der Waals surface area contributed by atoms with Crippen molar-refractivity contribution < 1.29 is 17.9 Å². The van der Waals surface area contributed by atoms with Crippen molar-refractivity contribution in [2.24, 2.45) is 0 Å². The molecule has 0 bridgehead atoms. The second-order valence-electron chi connectivity index (χ2n) is 5.21. The van der Waals surface area contributed by atoms with Crippen LogP contribution in [0.2, 0.25) is 0 Å². The Balaban J connectivity index is 2.04. The van der Waals surface area contributed by atoms with Crippen LogP contribution < -0.4 is 9.46 Å². The van der Waals surface area contributed by atoms with Crippen LogP contribution in [-0.2, 0) is 21.5 Å². The van der Waals surface area contributed by atoms with E-state index < -0.39 is 10.2 Å². The Kier molecular flexibility index (Phi) is 5.21. The van der Waals surface area contributed by atoms with Gasteiger partial charge < -0.3 is 9.47 Å². The van der Waals surface area contributed by atoms with E-state index >= 15 is 0 Å². The van der Waals surface area contributed by atoms with Crippen molar-refractivity contribution in [2.75, 3.05) is 20.2 Å². The van der Waals surface area contributed by atoms with Crippen molar-refractivity contribution in [3.05, 3.63) is 29.8 Å². The highest BCUT2D eigenvalue weighted by Crippen LogP contribution is 2.18. The molecule has 0 unspecified atom stereocenters. The van der Waals surface area contributed by atoms with Gasteiger partial charge in [0.15, 0.2) is 0 Å². The minimum atomic E-state index is -3.52. The molecule has 1 saturated heterocycles. The fourth-order valence-electron chi connectivity index (χ4n) is 2.44. The van der Waals surface area contributed by atoms with E-state index in [1.807, 2.05) is 38.1 Å². The number of nitrogens with zero attached hydrogens (tertiary/aromatic N) is 1. The van der Waals surface area contributed by atoms with Gasteiger partial charge in [-0.05, 0) is 19.9 Å². The first-order chi connectivity index (χ1) is 9.92. The molecule has 6 nitrogen and oxygen atoms in total. The maximum Gasteiger partial charge on any atom is 0.279 e. The standard InChI is InChI=1S/C14H22N2O4S/c1-11-9-16(10-12(2)20-11)21(17,18)15-8-13-6-4-5-7-14(13)19-3/h4-7,11-12,15H,8-10H2,1-3H3/t11-,12+. The van der Waals surface area contributed by atoms with E-state index in [-0.39, 0.29) is 18.8 Å². The Hall–Kier alpha value is -1.15. The molecule has 1 heterocycles. The topological polar surface area (TPSA) is 67.9 Å². The van der Waals surface area contributed by atoms with Gasteiger partial charge in [0.05, 0.1) is 19.3 Å². The van der Waals surface area contributed by atoms with Crippen LogP contribution in [0.1, 0.15) is 19.4 Å². The summed E-state index contributed by atoms with van der Waals surface area (Å²) in [7, 11) is -1.96. The number of ether oxygens (including phenoxy) is 2. The van der Waals surface area contributed by atoms with E-state index in [1.54, 1.807) is 7.11 Å². The van der Waals surface area contributed by atoms with Crippen molar-refractivity contribution in [1.29, 1.82) is 0 Å². The van der Waals surface area contributed by atoms with Crippen LogP contribution in [-0.4, -0.2) is 45.1 Å². The van der Waals surface area contributed by atoms with Gasteiger partial charge in [0, 0.05) is 25.2 Å². The Morgan fingerprint density at radius 1 is 1.29 bits per heavy atom. The van der Waals surface area contributed by atoms with Crippen LogP contribution in [0.15, 0.2) is 24.3 Å². The Bertz CT molecular complexity index is 566. The largest absolute Gasteiger partial charge is 0.496 e. The zero-order valence-electron chi connectivity index (χ0n) is 12.6. The molecule has 0 aliphatic carbocycles. The Morgan fingerprint density at radius 2 is 1.90 bits per heavy atom. The molecule has 0 aromatic heterocycles. The van der Waals surface area contributed by atoms with Crippen molar-refractivity contribution in [1.82, 2.24) is 9.03 Å². The van der Waals surface area contributed by atoms with Crippen molar-refractivity contribution in [3.63, 3.8) is 0 Å². The third kappa shape index (κ3) is 4.16. The monoisotopic (exact) mass is 314 g/mol. The van der Waals surface area contributed by atoms with Crippen LogP contribution >= 0.6 is 0 Å². The third-order valence-corrected chi connectivity index (χ3v) is 4.85. The predicted molar refractivity (Wildman–Crippen MR) is 80.3 cm³/mol. The first kappa shape index (κ1) is 16.2. The number of rotatable bonds is 5. The summed E-state index contributed by atoms with van der Waals surface area (Å²) >= 11 is 0. The summed E-state index contributed by atoms with van der Waals surface area (Å²) in [6.45, 7) is 4.68. The Morgan fingerprint density at radius 3 is 2.52 bits per heavy atom. The molecule has 1 N–H and O–H groups in total. The van der Waals surface area contributed by atoms with E-state index in [1.165, 1.54) is 4.31 Å². The fraction of sp³-hybridized carbons (Fsp3) is 0.571. The van der Waals surface area contributed by atoms with Crippen LogP contribution in [0.4, 0.5) is 0 Å². The predicted octanol–water partition coefficient (Wildman–Crippen LogP) is 1.14. The minimum absolute atomic E-state index is 0.100.